The predicted molar refractivity (Wildman–Crippen MR) is 106 cm³/mol. The first kappa shape index (κ1) is 20.8. The molecule has 1 aromatic carbocycles. The monoisotopic (exact) mass is 408 g/mol. The number of ether oxygens (including phenoxy) is 1. The third-order valence-corrected chi connectivity index (χ3v) is 7.22. The smallest absolute Gasteiger partial charge is 0.341 e. The highest BCUT2D eigenvalue weighted by Crippen LogP contribution is 2.29. The van der Waals surface area contributed by atoms with E-state index in [1.54, 1.807) is 6.07 Å². The zero-order valence-electron chi connectivity index (χ0n) is 16.5. The summed E-state index contributed by atoms with van der Waals surface area (Å²) in [6.45, 7) is 1.62. The molecule has 1 atom stereocenters. The number of anilines is 1. The van der Waals surface area contributed by atoms with Crippen molar-refractivity contribution in [2.45, 2.75) is 55.9 Å². The van der Waals surface area contributed by atoms with E-state index in [2.05, 4.69) is 4.90 Å². The standard InChI is InChI=1S/C20H28N2O5S/c1-21(2)28(25,26)15-10-11-17(22-12-6-3-7-13-22)16(14-15)20(24)27-19-9-5-4-8-18(19)23/h10-11,14,19H,3-9,12-13H2,1-2H3/t19-/m1/s1. The molecule has 1 saturated heterocycles. The number of piperidine rings is 1. The van der Waals surface area contributed by atoms with Gasteiger partial charge in [0.1, 0.15) is 0 Å². The van der Waals surface area contributed by atoms with E-state index in [0.717, 1.165) is 49.5 Å². The minimum atomic E-state index is -3.68. The number of carbonyl (C=O) groups excluding carboxylic acids is 2. The van der Waals surface area contributed by atoms with Crippen LogP contribution in [0.15, 0.2) is 23.1 Å². The van der Waals surface area contributed by atoms with Crippen LogP contribution in [0, 0.1) is 0 Å². The van der Waals surface area contributed by atoms with Gasteiger partial charge in [0.25, 0.3) is 0 Å². The van der Waals surface area contributed by atoms with Crippen molar-refractivity contribution in [2.24, 2.45) is 0 Å². The van der Waals surface area contributed by atoms with Gasteiger partial charge in [-0.1, -0.05) is 0 Å². The van der Waals surface area contributed by atoms with Gasteiger partial charge in [0, 0.05) is 33.6 Å². The molecule has 1 saturated carbocycles. The molecule has 1 aliphatic heterocycles. The number of rotatable bonds is 5. The Morgan fingerprint density at radius 1 is 1.11 bits per heavy atom. The lowest BCUT2D eigenvalue weighted by atomic mass is 9.96. The molecule has 0 radical (unpaired) electrons. The second-order valence-corrected chi connectivity index (χ2v) is 9.77. The van der Waals surface area contributed by atoms with Crippen LogP contribution >= 0.6 is 0 Å². The first-order chi connectivity index (χ1) is 13.3. The Balaban J connectivity index is 1.96. The van der Waals surface area contributed by atoms with E-state index in [9.17, 15) is 18.0 Å². The van der Waals surface area contributed by atoms with Crippen molar-refractivity contribution in [1.82, 2.24) is 4.31 Å². The van der Waals surface area contributed by atoms with Crippen LogP contribution in [-0.2, 0) is 19.6 Å². The second-order valence-electron chi connectivity index (χ2n) is 7.62. The molecule has 0 amide bonds. The molecule has 1 aromatic rings. The average Bonchev–Trinajstić information content (AvgIpc) is 2.69. The Hall–Kier alpha value is -1.93. The van der Waals surface area contributed by atoms with Crippen LogP contribution in [0.25, 0.3) is 0 Å². The van der Waals surface area contributed by atoms with Gasteiger partial charge in [-0.3, -0.25) is 4.79 Å². The molecule has 8 heteroatoms. The van der Waals surface area contributed by atoms with Gasteiger partial charge in [0.05, 0.1) is 16.1 Å². The van der Waals surface area contributed by atoms with Gasteiger partial charge in [-0.15, -0.1) is 0 Å². The molecule has 28 heavy (non-hydrogen) atoms. The van der Waals surface area contributed by atoms with Crippen LogP contribution in [0.1, 0.15) is 55.3 Å². The zero-order valence-corrected chi connectivity index (χ0v) is 17.3. The van der Waals surface area contributed by atoms with Gasteiger partial charge in [-0.05, 0) is 56.7 Å². The molecule has 154 valence electrons. The summed E-state index contributed by atoms with van der Waals surface area (Å²) in [6.07, 6.45) is 5.07. The number of benzene rings is 1. The normalized spacial score (nSPS) is 21.0. The van der Waals surface area contributed by atoms with Crippen molar-refractivity contribution >= 4 is 27.5 Å². The Labute approximate surface area is 166 Å². The first-order valence-electron chi connectivity index (χ1n) is 9.86. The Morgan fingerprint density at radius 2 is 1.82 bits per heavy atom. The van der Waals surface area contributed by atoms with Crippen molar-refractivity contribution in [1.29, 1.82) is 0 Å². The molecule has 0 bridgehead atoms. The maximum absolute atomic E-state index is 13.0. The summed E-state index contributed by atoms with van der Waals surface area (Å²) >= 11 is 0. The highest BCUT2D eigenvalue weighted by Gasteiger charge is 2.29. The number of ketones is 1. The van der Waals surface area contributed by atoms with Gasteiger partial charge in [0.15, 0.2) is 11.9 Å². The summed E-state index contributed by atoms with van der Waals surface area (Å²) in [7, 11) is -0.782. The number of carbonyl (C=O) groups is 2. The molecule has 0 N–H and O–H groups in total. The Bertz CT molecular complexity index is 844. The van der Waals surface area contributed by atoms with E-state index in [4.69, 9.17) is 4.74 Å². The average molecular weight is 409 g/mol. The molecular weight excluding hydrogens is 380 g/mol. The van der Waals surface area contributed by atoms with E-state index in [0.29, 0.717) is 18.5 Å². The lowest BCUT2D eigenvalue weighted by Gasteiger charge is -2.31. The van der Waals surface area contributed by atoms with Crippen LogP contribution in [0.2, 0.25) is 0 Å². The molecule has 2 aliphatic rings. The molecule has 3 rings (SSSR count). The quantitative estimate of drug-likeness (QED) is 0.697. The molecule has 1 aliphatic carbocycles. The van der Waals surface area contributed by atoms with E-state index in [1.807, 2.05) is 0 Å². The van der Waals surface area contributed by atoms with Crippen molar-refractivity contribution in [3.05, 3.63) is 23.8 Å². The lowest BCUT2D eigenvalue weighted by molar-refractivity contribution is -0.129. The van der Waals surface area contributed by atoms with Gasteiger partial charge < -0.3 is 9.64 Å². The Morgan fingerprint density at radius 3 is 2.46 bits per heavy atom. The molecule has 1 heterocycles. The third kappa shape index (κ3) is 4.38. The fourth-order valence-electron chi connectivity index (χ4n) is 3.73. The van der Waals surface area contributed by atoms with Crippen LogP contribution in [-0.4, -0.2) is 57.8 Å². The first-order valence-corrected chi connectivity index (χ1v) is 11.3. The molecule has 7 nitrogen and oxygen atoms in total. The van der Waals surface area contributed by atoms with Crippen LogP contribution in [0.5, 0.6) is 0 Å². The highest BCUT2D eigenvalue weighted by atomic mass is 32.2. The lowest BCUT2D eigenvalue weighted by Crippen LogP contribution is -2.33. The highest BCUT2D eigenvalue weighted by molar-refractivity contribution is 7.89. The molecule has 0 aromatic heterocycles. The molecular formula is C20H28N2O5S. The van der Waals surface area contributed by atoms with Gasteiger partial charge >= 0.3 is 5.97 Å². The summed E-state index contributed by atoms with van der Waals surface area (Å²) < 4.78 is 31.7. The summed E-state index contributed by atoms with van der Waals surface area (Å²) in [5.41, 5.74) is 0.883. The van der Waals surface area contributed by atoms with Gasteiger partial charge in [-0.2, -0.15) is 0 Å². The number of hydrogen-bond acceptors (Lipinski definition) is 6. The van der Waals surface area contributed by atoms with E-state index >= 15 is 0 Å². The second kappa shape index (κ2) is 8.61. The van der Waals surface area contributed by atoms with Crippen LogP contribution < -0.4 is 4.90 Å². The number of Topliss-reactive ketones (excluding diaryl/α,β-unsaturated/α-hetero) is 1. The molecule has 2 fully saturated rings. The van der Waals surface area contributed by atoms with Crippen LogP contribution in [0.4, 0.5) is 5.69 Å². The van der Waals surface area contributed by atoms with Crippen molar-refractivity contribution in [3.8, 4) is 0 Å². The van der Waals surface area contributed by atoms with Crippen molar-refractivity contribution < 1.29 is 22.7 Å². The minimum Gasteiger partial charge on any atom is -0.451 e. The van der Waals surface area contributed by atoms with E-state index < -0.39 is 22.1 Å². The number of hydrogen-bond donors (Lipinski definition) is 0. The van der Waals surface area contributed by atoms with E-state index in [1.165, 1.54) is 26.2 Å². The molecule has 0 unspecified atom stereocenters. The number of sulfonamides is 1. The Kier molecular flexibility index (Phi) is 6.40. The number of esters is 1. The fourth-order valence-corrected chi connectivity index (χ4v) is 4.66. The summed E-state index contributed by atoms with van der Waals surface area (Å²) in [5, 5.41) is 0. The van der Waals surface area contributed by atoms with Crippen molar-refractivity contribution in [3.63, 3.8) is 0 Å². The molecule has 0 spiro atoms. The van der Waals surface area contributed by atoms with E-state index in [-0.39, 0.29) is 16.2 Å². The largest absolute Gasteiger partial charge is 0.451 e. The summed E-state index contributed by atoms with van der Waals surface area (Å²) in [6, 6.07) is 4.59. The van der Waals surface area contributed by atoms with Gasteiger partial charge in [-0.25, -0.2) is 17.5 Å². The van der Waals surface area contributed by atoms with Crippen LogP contribution in [0.3, 0.4) is 0 Å². The van der Waals surface area contributed by atoms with Gasteiger partial charge in [0.2, 0.25) is 10.0 Å². The summed E-state index contributed by atoms with van der Waals surface area (Å²) in [5.74, 6) is -0.687. The maximum atomic E-state index is 13.0. The summed E-state index contributed by atoms with van der Waals surface area (Å²) in [4.78, 5) is 27.2. The maximum Gasteiger partial charge on any atom is 0.341 e. The minimum absolute atomic E-state index is 0.0418. The number of nitrogens with zero attached hydrogens (tertiary/aromatic N) is 2. The van der Waals surface area contributed by atoms with Crippen molar-refractivity contribution in [2.75, 3.05) is 32.1 Å². The third-order valence-electron chi connectivity index (χ3n) is 5.41. The fraction of sp³-hybridized carbons (Fsp3) is 0.600. The predicted octanol–water partition coefficient (Wildman–Crippen LogP) is 2.60. The zero-order chi connectivity index (χ0) is 20.3. The SMILES string of the molecule is CN(C)S(=O)(=O)c1ccc(N2CCCCC2)c(C(=O)O[C@@H]2CCCCC2=O)c1. The topological polar surface area (TPSA) is 84.0 Å².